The molecule has 17 heavy (non-hydrogen) atoms. The molecule has 0 aliphatic heterocycles. The third-order valence-electron chi connectivity index (χ3n) is 2.25. The Balaban J connectivity index is 2.79. The lowest BCUT2D eigenvalue weighted by Crippen LogP contribution is -2.38. The Morgan fingerprint density at radius 1 is 1.12 bits per heavy atom. The van der Waals surface area contributed by atoms with Crippen molar-refractivity contribution in [2.24, 2.45) is 0 Å². The molecular weight excluding hydrogens is 257 g/mol. The second-order valence-corrected chi connectivity index (χ2v) is 5.63. The van der Waals surface area contributed by atoms with E-state index in [0.717, 1.165) is 0 Å². The summed E-state index contributed by atoms with van der Waals surface area (Å²) in [5.41, 5.74) is 0.669. The van der Waals surface area contributed by atoms with Crippen molar-refractivity contribution in [3.63, 3.8) is 0 Å². The Hall–Kier alpha value is -0.730. The molecule has 0 radical (unpaired) electrons. The van der Waals surface area contributed by atoms with E-state index in [4.69, 9.17) is 23.2 Å². The molecule has 1 aromatic rings. The van der Waals surface area contributed by atoms with Crippen molar-refractivity contribution >= 4 is 29.1 Å². The summed E-state index contributed by atoms with van der Waals surface area (Å²) in [4.78, 5) is 13.9. The van der Waals surface area contributed by atoms with Crippen LogP contribution in [0.5, 0.6) is 0 Å². The summed E-state index contributed by atoms with van der Waals surface area (Å²) in [5, 5.41) is -0.170. The van der Waals surface area contributed by atoms with Gasteiger partial charge in [0, 0.05) is 29.4 Å². The fourth-order valence-corrected chi connectivity index (χ4v) is 1.94. The van der Waals surface area contributed by atoms with Crippen molar-refractivity contribution in [2.75, 3.05) is 13.1 Å². The molecule has 0 saturated heterocycles. The minimum Gasteiger partial charge on any atom is -0.336 e. The second kappa shape index (κ2) is 6.87. The van der Waals surface area contributed by atoms with Crippen LogP contribution < -0.4 is 0 Å². The van der Waals surface area contributed by atoms with Crippen molar-refractivity contribution in [1.82, 2.24) is 4.90 Å². The first-order valence-corrected chi connectivity index (χ1v) is 6.50. The molecule has 0 bridgehead atoms. The lowest BCUT2D eigenvalue weighted by atomic mass is 10.2. The summed E-state index contributed by atoms with van der Waals surface area (Å²) in [6.45, 7) is 4.75. The number of benzene rings is 1. The van der Waals surface area contributed by atoms with Gasteiger partial charge >= 0.3 is 0 Å². The van der Waals surface area contributed by atoms with E-state index in [1.54, 1.807) is 17.0 Å². The molecule has 1 aromatic carbocycles. The summed E-state index contributed by atoms with van der Waals surface area (Å²) in [5.74, 6) is -0.0226. The van der Waals surface area contributed by atoms with Crippen LogP contribution in [0.25, 0.3) is 0 Å². The second-order valence-electron chi connectivity index (χ2n) is 4.14. The molecule has 4 heteroatoms. The Bertz CT molecular complexity index is 342. The Morgan fingerprint density at radius 3 is 2.00 bits per heavy atom. The lowest BCUT2D eigenvalue weighted by Gasteiger charge is -2.25. The maximum atomic E-state index is 12.2. The standard InChI is InChI=1S/C13H17Cl2NO/c1-10(14)8-16(9-11(2)15)13(17)12-6-4-3-5-7-12/h3-7,10-11H,8-9H2,1-2H3/t10-,11+. The van der Waals surface area contributed by atoms with Crippen molar-refractivity contribution in [3.05, 3.63) is 35.9 Å². The molecule has 0 aliphatic rings. The minimum absolute atomic E-state index is 0.0226. The smallest absolute Gasteiger partial charge is 0.253 e. The first-order chi connectivity index (χ1) is 8.00. The molecule has 94 valence electrons. The van der Waals surface area contributed by atoms with Crippen LogP contribution in [0.4, 0.5) is 0 Å². The van der Waals surface area contributed by atoms with E-state index in [1.807, 2.05) is 32.0 Å². The average Bonchev–Trinajstić information content (AvgIpc) is 2.27. The molecule has 0 unspecified atom stereocenters. The van der Waals surface area contributed by atoms with E-state index in [2.05, 4.69) is 0 Å². The molecule has 0 heterocycles. The van der Waals surface area contributed by atoms with Crippen LogP contribution in [0, 0.1) is 0 Å². The Labute approximate surface area is 113 Å². The molecule has 0 N–H and O–H groups in total. The molecular formula is C13H17Cl2NO. The number of hydrogen-bond donors (Lipinski definition) is 0. The number of nitrogens with zero attached hydrogens (tertiary/aromatic N) is 1. The first-order valence-electron chi connectivity index (χ1n) is 5.63. The van der Waals surface area contributed by atoms with Crippen molar-refractivity contribution in [1.29, 1.82) is 0 Å². The highest BCUT2D eigenvalue weighted by atomic mass is 35.5. The maximum absolute atomic E-state index is 12.2. The molecule has 1 amide bonds. The summed E-state index contributed by atoms with van der Waals surface area (Å²) in [7, 11) is 0. The zero-order valence-electron chi connectivity index (χ0n) is 10.1. The predicted octanol–water partition coefficient (Wildman–Crippen LogP) is 3.38. The summed E-state index contributed by atoms with van der Waals surface area (Å²) in [6, 6.07) is 9.18. The Kier molecular flexibility index (Phi) is 5.79. The third-order valence-corrected chi connectivity index (χ3v) is 2.53. The van der Waals surface area contributed by atoms with E-state index in [-0.39, 0.29) is 16.7 Å². The van der Waals surface area contributed by atoms with Crippen LogP contribution in [0.1, 0.15) is 24.2 Å². The van der Waals surface area contributed by atoms with Crippen molar-refractivity contribution < 1.29 is 4.79 Å². The van der Waals surface area contributed by atoms with Crippen LogP contribution in [0.15, 0.2) is 30.3 Å². The van der Waals surface area contributed by atoms with Gasteiger partial charge in [0.05, 0.1) is 0 Å². The van der Waals surface area contributed by atoms with Gasteiger partial charge in [-0.05, 0) is 26.0 Å². The third kappa shape index (κ3) is 4.97. The zero-order chi connectivity index (χ0) is 12.8. The number of amides is 1. The number of carbonyl (C=O) groups excluding carboxylic acids is 1. The van der Waals surface area contributed by atoms with E-state index in [0.29, 0.717) is 18.7 Å². The molecule has 0 fully saturated rings. The quantitative estimate of drug-likeness (QED) is 0.754. The Morgan fingerprint density at radius 2 is 1.59 bits per heavy atom. The molecule has 2 atom stereocenters. The fourth-order valence-electron chi connectivity index (χ4n) is 1.61. The largest absolute Gasteiger partial charge is 0.336 e. The van der Waals surface area contributed by atoms with Gasteiger partial charge in [0.25, 0.3) is 5.91 Å². The van der Waals surface area contributed by atoms with E-state index in [1.165, 1.54) is 0 Å². The summed E-state index contributed by atoms with van der Waals surface area (Å²) < 4.78 is 0. The average molecular weight is 274 g/mol. The lowest BCUT2D eigenvalue weighted by molar-refractivity contribution is 0.0758. The molecule has 2 nitrogen and oxygen atoms in total. The zero-order valence-corrected chi connectivity index (χ0v) is 11.6. The van der Waals surface area contributed by atoms with Crippen LogP contribution in [0.2, 0.25) is 0 Å². The van der Waals surface area contributed by atoms with Gasteiger partial charge in [-0.3, -0.25) is 4.79 Å². The molecule has 0 aliphatic carbocycles. The van der Waals surface area contributed by atoms with Crippen LogP contribution >= 0.6 is 23.2 Å². The first kappa shape index (κ1) is 14.3. The summed E-state index contributed by atoms with van der Waals surface area (Å²) >= 11 is 11.9. The normalized spacial score (nSPS) is 14.1. The van der Waals surface area contributed by atoms with Gasteiger partial charge < -0.3 is 4.90 Å². The van der Waals surface area contributed by atoms with Crippen LogP contribution in [-0.2, 0) is 0 Å². The van der Waals surface area contributed by atoms with Gasteiger partial charge in [0.1, 0.15) is 0 Å². The highest BCUT2D eigenvalue weighted by Gasteiger charge is 2.18. The van der Waals surface area contributed by atoms with Crippen LogP contribution in [-0.4, -0.2) is 34.7 Å². The number of hydrogen-bond acceptors (Lipinski definition) is 1. The van der Waals surface area contributed by atoms with Gasteiger partial charge in [0.2, 0.25) is 0 Å². The monoisotopic (exact) mass is 273 g/mol. The van der Waals surface area contributed by atoms with Gasteiger partial charge in [-0.15, -0.1) is 23.2 Å². The highest BCUT2D eigenvalue weighted by Crippen LogP contribution is 2.10. The number of alkyl halides is 2. The predicted molar refractivity (Wildman–Crippen MR) is 73.0 cm³/mol. The van der Waals surface area contributed by atoms with Gasteiger partial charge in [-0.25, -0.2) is 0 Å². The van der Waals surface area contributed by atoms with Gasteiger partial charge in [-0.1, -0.05) is 18.2 Å². The van der Waals surface area contributed by atoms with Gasteiger partial charge in [-0.2, -0.15) is 0 Å². The molecule has 1 rings (SSSR count). The number of halogens is 2. The van der Waals surface area contributed by atoms with E-state index < -0.39 is 0 Å². The SMILES string of the molecule is C[C@H](Cl)CN(C[C@@H](C)Cl)C(=O)c1ccccc1. The van der Waals surface area contributed by atoms with E-state index in [9.17, 15) is 4.79 Å². The van der Waals surface area contributed by atoms with Crippen LogP contribution in [0.3, 0.4) is 0 Å². The maximum Gasteiger partial charge on any atom is 0.253 e. The van der Waals surface area contributed by atoms with Gasteiger partial charge in [0.15, 0.2) is 0 Å². The number of rotatable bonds is 5. The highest BCUT2D eigenvalue weighted by molar-refractivity contribution is 6.21. The topological polar surface area (TPSA) is 20.3 Å². The molecule has 0 aromatic heterocycles. The molecule has 0 saturated carbocycles. The minimum atomic E-state index is -0.0851. The molecule has 0 spiro atoms. The fraction of sp³-hybridized carbons (Fsp3) is 0.462. The summed E-state index contributed by atoms with van der Waals surface area (Å²) in [6.07, 6.45) is 0. The van der Waals surface area contributed by atoms with Crippen molar-refractivity contribution in [2.45, 2.75) is 24.6 Å². The number of carbonyl (C=O) groups is 1. The van der Waals surface area contributed by atoms with Crippen molar-refractivity contribution in [3.8, 4) is 0 Å². The van der Waals surface area contributed by atoms with E-state index >= 15 is 0 Å².